The summed E-state index contributed by atoms with van der Waals surface area (Å²) in [6, 6.07) is 9.48. The van der Waals surface area contributed by atoms with Crippen LogP contribution in [-0.2, 0) is 11.3 Å². The topological polar surface area (TPSA) is 83.4 Å². The SMILES string of the molecule is Cc1cccc(=O)n1CCCNC(=O)N1CCNC(=O)[C@@H]1c1ccc(F)cc1. The van der Waals surface area contributed by atoms with Crippen molar-refractivity contribution < 1.29 is 14.0 Å². The zero-order chi connectivity index (χ0) is 20.1. The van der Waals surface area contributed by atoms with Gasteiger partial charge in [0.15, 0.2) is 0 Å². The Morgan fingerprint density at radius 1 is 1.21 bits per heavy atom. The summed E-state index contributed by atoms with van der Waals surface area (Å²) in [6.07, 6.45) is 0.581. The van der Waals surface area contributed by atoms with Crippen LogP contribution in [0.3, 0.4) is 0 Å². The fraction of sp³-hybridized carbons (Fsp3) is 0.350. The lowest BCUT2D eigenvalue weighted by Gasteiger charge is -2.35. The van der Waals surface area contributed by atoms with Gasteiger partial charge in [0.1, 0.15) is 11.9 Å². The van der Waals surface area contributed by atoms with E-state index >= 15 is 0 Å². The maximum atomic E-state index is 13.2. The highest BCUT2D eigenvalue weighted by Gasteiger charge is 2.34. The average molecular weight is 386 g/mol. The first-order chi connectivity index (χ1) is 13.5. The standard InChI is InChI=1S/C20H23FN4O3/c1-14-4-2-5-17(26)24(14)12-3-10-23-20(28)25-13-11-22-19(27)18(25)15-6-8-16(21)9-7-15/h2,4-9,18H,3,10-13H2,1H3,(H,22,27)(H,23,28)/t18-/m0/s1. The van der Waals surface area contributed by atoms with Gasteiger partial charge in [-0.25, -0.2) is 9.18 Å². The Balaban J connectivity index is 1.61. The number of halogens is 1. The second kappa shape index (κ2) is 8.69. The molecule has 148 valence electrons. The first kappa shape index (κ1) is 19.6. The summed E-state index contributed by atoms with van der Waals surface area (Å²) in [4.78, 5) is 38.3. The highest BCUT2D eigenvalue weighted by atomic mass is 19.1. The van der Waals surface area contributed by atoms with Crippen molar-refractivity contribution in [2.75, 3.05) is 19.6 Å². The number of amides is 3. The number of aromatic nitrogens is 1. The Kier molecular flexibility index (Phi) is 6.08. The molecule has 28 heavy (non-hydrogen) atoms. The van der Waals surface area contributed by atoms with Gasteiger partial charge in [-0.2, -0.15) is 0 Å². The van der Waals surface area contributed by atoms with Crippen LogP contribution in [0.1, 0.15) is 23.7 Å². The largest absolute Gasteiger partial charge is 0.352 e. The molecular formula is C20H23FN4O3. The number of carbonyl (C=O) groups excluding carboxylic acids is 2. The van der Waals surface area contributed by atoms with Crippen LogP contribution in [0.25, 0.3) is 0 Å². The van der Waals surface area contributed by atoms with E-state index in [1.54, 1.807) is 10.6 Å². The maximum absolute atomic E-state index is 13.2. The summed E-state index contributed by atoms with van der Waals surface area (Å²) in [5, 5.41) is 5.55. The summed E-state index contributed by atoms with van der Waals surface area (Å²) in [7, 11) is 0. The van der Waals surface area contributed by atoms with E-state index in [2.05, 4.69) is 10.6 Å². The van der Waals surface area contributed by atoms with Crippen molar-refractivity contribution >= 4 is 11.9 Å². The fourth-order valence-electron chi connectivity index (χ4n) is 3.31. The molecule has 2 N–H and O–H groups in total. The van der Waals surface area contributed by atoms with Gasteiger partial charge in [0.2, 0.25) is 5.91 Å². The molecule has 2 heterocycles. The molecule has 3 amide bonds. The summed E-state index contributed by atoms with van der Waals surface area (Å²) < 4.78 is 14.8. The molecule has 0 bridgehead atoms. The molecule has 1 aromatic carbocycles. The number of hydrogen-bond donors (Lipinski definition) is 2. The van der Waals surface area contributed by atoms with Gasteiger partial charge < -0.3 is 20.1 Å². The molecule has 7 nitrogen and oxygen atoms in total. The predicted octanol–water partition coefficient (Wildman–Crippen LogP) is 1.57. The summed E-state index contributed by atoms with van der Waals surface area (Å²) >= 11 is 0. The minimum Gasteiger partial charge on any atom is -0.352 e. The Morgan fingerprint density at radius 3 is 2.68 bits per heavy atom. The molecule has 8 heteroatoms. The number of nitrogens with one attached hydrogen (secondary N) is 2. The van der Waals surface area contributed by atoms with Crippen molar-refractivity contribution in [1.82, 2.24) is 20.1 Å². The number of piperazine rings is 1. The third kappa shape index (κ3) is 4.39. The van der Waals surface area contributed by atoms with Gasteiger partial charge in [-0.15, -0.1) is 0 Å². The third-order valence-corrected chi connectivity index (χ3v) is 4.76. The van der Waals surface area contributed by atoms with E-state index in [1.807, 2.05) is 13.0 Å². The van der Waals surface area contributed by atoms with Crippen LogP contribution in [0, 0.1) is 12.7 Å². The number of carbonyl (C=O) groups is 2. The molecule has 2 aromatic rings. The van der Waals surface area contributed by atoms with Crippen molar-refractivity contribution in [2.45, 2.75) is 25.9 Å². The Hall–Kier alpha value is -3.16. The molecule has 1 saturated heterocycles. The second-order valence-electron chi connectivity index (χ2n) is 6.68. The molecule has 0 unspecified atom stereocenters. The van der Waals surface area contributed by atoms with Gasteiger partial charge in [-0.3, -0.25) is 9.59 Å². The van der Waals surface area contributed by atoms with E-state index in [-0.39, 0.29) is 17.5 Å². The van der Waals surface area contributed by atoms with Crippen LogP contribution >= 0.6 is 0 Å². The van der Waals surface area contributed by atoms with E-state index in [0.717, 1.165) is 5.69 Å². The van der Waals surface area contributed by atoms with Gasteiger partial charge in [0.05, 0.1) is 0 Å². The van der Waals surface area contributed by atoms with E-state index in [0.29, 0.717) is 38.2 Å². The molecule has 1 aliphatic rings. The number of rotatable bonds is 5. The number of urea groups is 1. The molecule has 1 aliphatic heterocycles. The van der Waals surface area contributed by atoms with Crippen LogP contribution in [0.2, 0.25) is 0 Å². The van der Waals surface area contributed by atoms with E-state index in [4.69, 9.17) is 0 Å². The lowest BCUT2D eigenvalue weighted by atomic mass is 10.0. The molecule has 0 aliphatic carbocycles. The van der Waals surface area contributed by atoms with E-state index < -0.39 is 11.9 Å². The van der Waals surface area contributed by atoms with Crippen LogP contribution < -0.4 is 16.2 Å². The molecule has 0 spiro atoms. The quantitative estimate of drug-likeness (QED) is 0.765. The third-order valence-electron chi connectivity index (χ3n) is 4.76. The summed E-state index contributed by atoms with van der Waals surface area (Å²) in [5.74, 6) is -0.693. The predicted molar refractivity (Wildman–Crippen MR) is 102 cm³/mol. The molecule has 1 fully saturated rings. The van der Waals surface area contributed by atoms with Crippen LogP contribution in [-0.4, -0.2) is 41.0 Å². The highest BCUT2D eigenvalue weighted by molar-refractivity contribution is 5.89. The smallest absolute Gasteiger partial charge is 0.318 e. The van der Waals surface area contributed by atoms with Crippen molar-refractivity contribution in [2.24, 2.45) is 0 Å². The van der Waals surface area contributed by atoms with E-state index in [9.17, 15) is 18.8 Å². The van der Waals surface area contributed by atoms with Crippen molar-refractivity contribution in [1.29, 1.82) is 0 Å². The van der Waals surface area contributed by atoms with Crippen LogP contribution in [0.5, 0.6) is 0 Å². The van der Waals surface area contributed by atoms with Gasteiger partial charge in [0, 0.05) is 37.9 Å². The fourth-order valence-corrected chi connectivity index (χ4v) is 3.31. The molecule has 1 aromatic heterocycles. The Morgan fingerprint density at radius 2 is 1.96 bits per heavy atom. The first-order valence-corrected chi connectivity index (χ1v) is 9.21. The van der Waals surface area contributed by atoms with E-state index in [1.165, 1.54) is 35.2 Å². The number of pyridine rings is 1. The zero-order valence-corrected chi connectivity index (χ0v) is 15.7. The molecular weight excluding hydrogens is 363 g/mol. The number of aryl methyl sites for hydroxylation is 1. The van der Waals surface area contributed by atoms with Crippen LogP contribution in [0.15, 0.2) is 47.3 Å². The molecule has 3 rings (SSSR count). The highest BCUT2D eigenvalue weighted by Crippen LogP contribution is 2.23. The monoisotopic (exact) mass is 386 g/mol. The summed E-state index contributed by atoms with van der Waals surface area (Å²) in [6.45, 7) is 3.45. The minimum atomic E-state index is -0.798. The van der Waals surface area contributed by atoms with Gasteiger partial charge in [0.25, 0.3) is 5.56 Å². The average Bonchev–Trinajstić information content (AvgIpc) is 2.67. The lowest BCUT2D eigenvalue weighted by molar-refractivity contribution is -0.127. The molecule has 1 atom stereocenters. The van der Waals surface area contributed by atoms with Gasteiger partial charge in [-0.05, 0) is 37.1 Å². The minimum absolute atomic E-state index is 0.0737. The van der Waals surface area contributed by atoms with Crippen LogP contribution in [0.4, 0.5) is 9.18 Å². The van der Waals surface area contributed by atoms with Gasteiger partial charge >= 0.3 is 6.03 Å². The molecule has 0 saturated carbocycles. The Bertz CT molecular complexity index is 910. The zero-order valence-electron chi connectivity index (χ0n) is 15.7. The van der Waals surface area contributed by atoms with Crippen molar-refractivity contribution in [3.05, 3.63) is 69.9 Å². The second-order valence-corrected chi connectivity index (χ2v) is 6.68. The first-order valence-electron chi connectivity index (χ1n) is 9.21. The number of benzene rings is 1. The van der Waals surface area contributed by atoms with Crippen molar-refractivity contribution in [3.8, 4) is 0 Å². The van der Waals surface area contributed by atoms with Gasteiger partial charge in [-0.1, -0.05) is 18.2 Å². The number of hydrogen-bond acceptors (Lipinski definition) is 3. The molecule has 0 radical (unpaired) electrons. The Labute approximate surface area is 162 Å². The lowest BCUT2D eigenvalue weighted by Crippen LogP contribution is -2.55. The summed E-state index contributed by atoms with van der Waals surface area (Å²) in [5.41, 5.74) is 1.35. The normalized spacial score (nSPS) is 16.6. The van der Waals surface area contributed by atoms with Crippen molar-refractivity contribution in [3.63, 3.8) is 0 Å². The maximum Gasteiger partial charge on any atom is 0.318 e. The number of nitrogens with zero attached hydrogens (tertiary/aromatic N) is 2.